The van der Waals surface area contributed by atoms with E-state index in [4.69, 9.17) is 0 Å². The number of anilines is 4. The highest BCUT2D eigenvalue weighted by Crippen LogP contribution is 2.37. The second-order valence-electron chi connectivity index (χ2n) is 8.19. The number of hydrogen-bond acceptors (Lipinski definition) is 3. The maximum atomic E-state index is 12.9. The van der Waals surface area contributed by atoms with Crippen LogP contribution in [0.25, 0.3) is 10.9 Å². The van der Waals surface area contributed by atoms with E-state index in [1.807, 2.05) is 56.4 Å². The van der Waals surface area contributed by atoms with Crippen molar-refractivity contribution in [1.82, 2.24) is 4.57 Å². The second kappa shape index (κ2) is 7.78. The number of piperidine rings is 1. The van der Waals surface area contributed by atoms with Gasteiger partial charge in [-0.15, -0.1) is 0 Å². The van der Waals surface area contributed by atoms with Crippen LogP contribution in [0.5, 0.6) is 0 Å². The topological polar surface area (TPSA) is 23.4 Å². The van der Waals surface area contributed by atoms with E-state index in [1.54, 1.807) is 0 Å². The summed E-state index contributed by atoms with van der Waals surface area (Å²) in [5.74, 6) is -1.17. The van der Waals surface area contributed by atoms with E-state index < -0.39 is 12.1 Å². The van der Waals surface area contributed by atoms with E-state index in [2.05, 4.69) is 33.1 Å². The number of nitrogens with zero attached hydrogens (tertiary/aromatic N) is 3. The maximum Gasteiger partial charge on any atom is 0.391 e. The Morgan fingerprint density at radius 1 is 1.00 bits per heavy atom. The standard InChI is InChI=1S/C23H27F3N4/c1-28(2)21-15-29(3)20-6-4-5-19(22(20)21)27-17-7-9-18(10-8-17)30-13-11-16(12-14-30)23(24,25)26/h4-10,15-16,27H,11-14H2,1-3H3. The molecule has 30 heavy (non-hydrogen) atoms. The van der Waals surface area contributed by atoms with E-state index in [-0.39, 0.29) is 12.8 Å². The van der Waals surface area contributed by atoms with Crippen LogP contribution < -0.4 is 15.1 Å². The lowest BCUT2D eigenvalue weighted by Gasteiger charge is -2.34. The molecule has 1 aliphatic rings. The van der Waals surface area contributed by atoms with Gasteiger partial charge in [-0.25, -0.2) is 0 Å². The van der Waals surface area contributed by atoms with Crippen LogP contribution >= 0.6 is 0 Å². The third kappa shape index (κ3) is 3.93. The summed E-state index contributed by atoms with van der Waals surface area (Å²) >= 11 is 0. The Morgan fingerprint density at radius 3 is 2.27 bits per heavy atom. The fourth-order valence-electron chi connectivity index (χ4n) is 4.24. The van der Waals surface area contributed by atoms with Gasteiger partial charge < -0.3 is 19.7 Å². The lowest BCUT2D eigenvalue weighted by Crippen LogP contribution is -2.38. The molecule has 160 valence electrons. The minimum atomic E-state index is -4.08. The first-order valence-corrected chi connectivity index (χ1v) is 10.2. The van der Waals surface area contributed by atoms with Crippen LogP contribution in [0.1, 0.15) is 12.8 Å². The van der Waals surface area contributed by atoms with E-state index in [9.17, 15) is 13.2 Å². The fraction of sp³-hybridized carbons (Fsp3) is 0.391. The molecule has 0 radical (unpaired) electrons. The molecule has 2 heterocycles. The van der Waals surface area contributed by atoms with Crippen LogP contribution in [0.4, 0.5) is 35.9 Å². The molecule has 1 N–H and O–H groups in total. The molecule has 0 spiro atoms. The summed E-state index contributed by atoms with van der Waals surface area (Å²) in [5, 5.41) is 4.66. The summed E-state index contributed by atoms with van der Waals surface area (Å²) in [6.45, 7) is 0.874. The summed E-state index contributed by atoms with van der Waals surface area (Å²) in [6.07, 6.45) is -1.65. The highest BCUT2D eigenvalue weighted by Gasteiger charge is 2.41. The van der Waals surface area contributed by atoms with Gasteiger partial charge in [-0.2, -0.15) is 13.2 Å². The van der Waals surface area contributed by atoms with E-state index in [0.29, 0.717) is 13.1 Å². The Bertz CT molecular complexity index is 1010. The van der Waals surface area contributed by atoms with Gasteiger partial charge in [0.25, 0.3) is 0 Å². The largest absolute Gasteiger partial charge is 0.391 e. The first kappa shape index (κ1) is 20.4. The molecule has 7 heteroatoms. The van der Waals surface area contributed by atoms with Crippen molar-refractivity contribution in [2.45, 2.75) is 19.0 Å². The summed E-state index contributed by atoms with van der Waals surface area (Å²) < 4.78 is 40.8. The Balaban J connectivity index is 1.51. The lowest BCUT2D eigenvalue weighted by atomic mass is 9.96. The summed E-state index contributed by atoms with van der Waals surface area (Å²) in [7, 11) is 6.10. The van der Waals surface area contributed by atoms with Crippen molar-refractivity contribution in [3.05, 3.63) is 48.7 Å². The van der Waals surface area contributed by atoms with Gasteiger partial charge in [-0.3, -0.25) is 0 Å². The van der Waals surface area contributed by atoms with Gasteiger partial charge in [-0.1, -0.05) is 6.07 Å². The zero-order chi connectivity index (χ0) is 21.5. The van der Waals surface area contributed by atoms with Gasteiger partial charge in [0.1, 0.15) is 0 Å². The Labute approximate surface area is 174 Å². The highest BCUT2D eigenvalue weighted by atomic mass is 19.4. The van der Waals surface area contributed by atoms with Crippen LogP contribution in [0.3, 0.4) is 0 Å². The van der Waals surface area contributed by atoms with Gasteiger partial charge in [0.05, 0.1) is 22.8 Å². The molecule has 3 aromatic rings. The molecule has 1 fully saturated rings. The van der Waals surface area contributed by atoms with Crippen molar-refractivity contribution in [2.75, 3.05) is 42.3 Å². The van der Waals surface area contributed by atoms with Crippen molar-refractivity contribution in [1.29, 1.82) is 0 Å². The summed E-state index contributed by atoms with van der Waals surface area (Å²) in [6, 6.07) is 14.1. The Hall–Kier alpha value is -2.83. The second-order valence-corrected chi connectivity index (χ2v) is 8.19. The summed E-state index contributed by atoms with van der Waals surface area (Å²) in [4.78, 5) is 4.13. The third-order valence-corrected chi connectivity index (χ3v) is 5.95. The number of benzene rings is 2. The predicted molar refractivity (Wildman–Crippen MR) is 118 cm³/mol. The first-order chi connectivity index (χ1) is 14.2. The average molecular weight is 416 g/mol. The monoisotopic (exact) mass is 416 g/mol. The molecular formula is C23H27F3N4. The number of halogens is 3. The number of hydrogen-bond donors (Lipinski definition) is 1. The molecule has 0 saturated carbocycles. The van der Waals surface area contributed by atoms with Crippen LogP contribution in [-0.4, -0.2) is 37.9 Å². The van der Waals surface area contributed by atoms with Gasteiger partial charge in [-0.05, 0) is 49.2 Å². The van der Waals surface area contributed by atoms with Gasteiger partial charge in [0.2, 0.25) is 0 Å². The molecule has 1 aromatic heterocycles. The third-order valence-electron chi connectivity index (χ3n) is 5.95. The van der Waals surface area contributed by atoms with Crippen LogP contribution in [0, 0.1) is 5.92 Å². The molecule has 0 bridgehead atoms. The number of alkyl halides is 3. The van der Waals surface area contributed by atoms with E-state index in [0.717, 1.165) is 33.7 Å². The molecular weight excluding hydrogens is 389 g/mol. The normalized spacial score (nSPS) is 15.6. The van der Waals surface area contributed by atoms with Crippen LogP contribution in [0.2, 0.25) is 0 Å². The first-order valence-electron chi connectivity index (χ1n) is 10.2. The highest BCUT2D eigenvalue weighted by molar-refractivity contribution is 6.03. The zero-order valence-electron chi connectivity index (χ0n) is 17.5. The molecule has 0 atom stereocenters. The number of aryl methyl sites for hydroxylation is 1. The Kier molecular flexibility index (Phi) is 5.30. The minimum absolute atomic E-state index is 0.160. The molecule has 2 aromatic carbocycles. The fourth-order valence-corrected chi connectivity index (χ4v) is 4.24. The molecule has 4 rings (SSSR count). The molecule has 4 nitrogen and oxygen atoms in total. The lowest BCUT2D eigenvalue weighted by molar-refractivity contribution is -0.179. The zero-order valence-corrected chi connectivity index (χ0v) is 17.5. The van der Waals surface area contributed by atoms with Crippen molar-refractivity contribution < 1.29 is 13.2 Å². The quantitative estimate of drug-likeness (QED) is 0.584. The maximum absolute atomic E-state index is 12.9. The Morgan fingerprint density at radius 2 is 1.67 bits per heavy atom. The predicted octanol–water partition coefficient (Wildman–Crippen LogP) is 5.77. The average Bonchev–Trinajstić information content (AvgIpc) is 3.06. The van der Waals surface area contributed by atoms with Crippen molar-refractivity contribution in [3.8, 4) is 0 Å². The molecule has 0 unspecified atom stereocenters. The molecule has 0 aliphatic carbocycles. The summed E-state index contributed by atoms with van der Waals surface area (Å²) in [5.41, 5.74) is 5.22. The molecule has 1 aliphatic heterocycles. The SMILES string of the molecule is CN(C)c1cn(C)c2cccc(Nc3ccc(N4CCC(C(F)(F)F)CC4)cc3)c12. The number of rotatable bonds is 4. The number of fused-ring (bicyclic) bond motifs is 1. The van der Waals surface area contributed by atoms with Gasteiger partial charge >= 0.3 is 6.18 Å². The van der Waals surface area contributed by atoms with Crippen molar-refractivity contribution >= 4 is 33.7 Å². The van der Waals surface area contributed by atoms with E-state index >= 15 is 0 Å². The van der Waals surface area contributed by atoms with Gasteiger partial charge in [0, 0.05) is 57.2 Å². The number of nitrogens with one attached hydrogen (secondary N) is 1. The van der Waals surface area contributed by atoms with Crippen molar-refractivity contribution in [2.24, 2.45) is 13.0 Å². The molecule has 0 amide bonds. The van der Waals surface area contributed by atoms with E-state index in [1.165, 1.54) is 0 Å². The van der Waals surface area contributed by atoms with Gasteiger partial charge in [0.15, 0.2) is 0 Å². The van der Waals surface area contributed by atoms with Crippen LogP contribution in [0.15, 0.2) is 48.7 Å². The smallest absolute Gasteiger partial charge is 0.376 e. The van der Waals surface area contributed by atoms with Crippen LogP contribution in [-0.2, 0) is 7.05 Å². The molecule has 1 saturated heterocycles. The minimum Gasteiger partial charge on any atom is -0.376 e. The number of aromatic nitrogens is 1. The van der Waals surface area contributed by atoms with Crippen molar-refractivity contribution in [3.63, 3.8) is 0 Å².